The molecular formula is C25H21N5O3S. The highest BCUT2D eigenvalue weighted by Gasteiger charge is 2.12. The number of aromatic nitrogens is 3. The standard InChI is InChI=1S/C25H21N5O3S/c1-30-16-26-29-25(30)34-15-22(31)27-20-11-6-10-19(14-20)24(33)28-21-12-5-9-18(13-21)23(32)17-7-3-2-4-8-17/h2-14,16H,15H2,1H3,(H,27,31)(H,28,33). The molecule has 2 amide bonds. The Morgan fingerprint density at radius 2 is 1.47 bits per heavy atom. The summed E-state index contributed by atoms with van der Waals surface area (Å²) in [6.07, 6.45) is 1.57. The van der Waals surface area contributed by atoms with Crippen molar-refractivity contribution >= 4 is 40.7 Å². The summed E-state index contributed by atoms with van der Waals surface area (Å²) in [4.78, 5) is 37.8. The van der Waals surface area contributed by atoms with Crippen molar-refractivity contribution in [2.45, 2.75) is 5.16 Å². The van der Waals surface area contributed by atoms with Gasteiger partial charge in [-0.15, -0.1) is 10.2 Å². The third kappa shape index (κ3) is 5.76. The van der Waals surface area contributed by atoms with Gasteiger partial charge < -0.3 is 15.2 Å². The largest absolute Gasteiger partial charge is 0.325 e. The summed E-state index contributed by atoms with van der Waals surface area (Å²) >= 11 is 1.27. The number of rotatable bonds is 8. The van der Waals surface area contributed by atoms with Crippen LogP contribution in [-0.4, -0.2) is 38.1 Å². The topological polar surface area (TPSA) is 106 Å². The van der Waals surface area contributed by atoms with Gasteiger partial charge in [0, 0.05) is 35.1 Å². The maximum Gasteiger partial charge on any atom is 0.255 e. The zero-order valence-corrected chi connectivity index (χ0v) is 19.1. The van der Waals surface area contributed by atoms with Gasteiger partial charge in [-0.05, 0) is 30.3 Å². The molecule has 1 heterocycles. The highest BCUT2D eigenvalue weighted by molar-refractivity contribution is 7.99. The summed E-state index contributed by atoms with van der Waals surface area (Å²) in [5.74, 6) is -0.544. The summed E-state index contributed by atoms with van der Waals surface area (Å²) in [7, 11) is 1.80. The van der Waals surface area contributed by atoms with E-state index in [2.05, 4.69) is 20.8 Å². The van der Waals surface area contributed by atoms with E-state index in [0.717, 1.165) is 0 Å². The van der Waals surface area contributed by atoms with Crippen LogP contribution in [0.25, 0.3) is 0 Å². The van der Waals surface area contributed by atoms with Crippen LogP contribution in [0.4, 0.5) is 11.4 Å². The van der Waals surface area contributed by atoms with E-state index in [9.17, 15) is 14.4 Å². The fraction of sp³-hybridized carbons (Fsp3) is 0.0800. The molecule has 0 unspecified atom stereocenters. The number of aryl methyl sites for hydroxylation is 1. The van der Waals surface area contributed by atoms with Crippen LogP contribution < -0.4 is 10.6 Å². The summed E-state index contributed by atoms with van der Waals surface area (Å²) in [5.41, 5.74) is 2.43. The molecule has 0 radical (unpaired) electrons. The monoisotopic (exact) mass is 471 g/mol. The van der Waals surface area contributed by atoms with Gasteiger partial charge >= 0.3 is 0 Å². The first-order chi connectivity index (χ1) is 16.5. The average Bonchev–Trinajstić information content (AvgIpc) is 3.27. The fourth-order valence-corrected chi connectivity index (χ4v) is 3.85. The zero-order valence-electron chi connectivity index (χ0n) is 18.3. The van der Waals surface area contributed by atoms with E-state index >= 15 is 0 Å². The van der Waals surface area contributed by atoms with Gasteiger partial charge in [-0.2, -0.15) is 0 Å². The van der Waals surface area contributed by atoms with Crippen molar-refractivity contribution in [1.82, 2.24) is 14.8 Å². The van der Waals surface area contributed by atoms with Gasteiger partial charge in [0.2, 0.25) is 5.91 Å². The molecule has 0 aliphatic carbocycles. The van der Waals surface area contributed by atoms with Crippen LogP contribution in [0.2, 0.25) is 0 Å². The Bertz CT molecular complexity index is 1340. The van der Waals surface area contributed by atoms with Crippen LogP contribution in [0, 0.1) is 0 Å². The Morgan fingerprint density at radius 3 is 2.18 bits per heavy atom. The normalized spacial score (nSPS) is 10.5. The van der Waals surface area contributed by atoms with Crippen molar-refractivity contribution in [3.8, 4) is 0 Å². The average molecular weight is 472 g/mol. The third-order valence-corrected chi connectivity index (χ3v) is 5.86. The minimum atomic E-state index is -0.353. The number of hydrogen-bond acceptors (Lipinski definition) is 6. The second kappa shape index (κ2) is 10.6. The zero-order chi connectivity index (χ0) is 23.9. The maximum absolute atomic E-state index is 12.8. The van der Waals surface area contributed by atoms with Crippen molar-refractivity contribution in [3.05, 3.63) is 102 Å². The Labute approximate surface area is 200 Å². The number of nitrogens with one attached hydrogen (secondary N) is 2. The van der Waals surface area contributed by atoms with Crippen molar-refractivity contribution in [2.24, 2.45) is 7.05 Å². The van der Waals surface area contributed by atoms with Crippen LogP contribution >= 0.6 is 11.8 Å². The van der Waals surface area contributed by atoms with Crippen LogP contribution in [0.5, 0.6) is 0 Å². The molecule has 0 spiro atoms. The molecule has 34 heavy (non-hydrogen) atoms. The molecule has 4 aromatic rings. The quantitative estimate of drug-likeness (QED) is 0.297. The van der Waals surface area contributed by atoms with Crippen LogP contribution in [0.15, 0.2) is 90.3 Å². The summed E-state index contributed by atoms with van der Waals surface area (Å²) in [5, 5.41) is 13.9. The van der Waals surface area contributed by atoms with Crippen molar-refractivity contribution in [1.29, 1.82) is 0 Å². The van der Waals surface area contributed by atoms with Gasteiger partial charge in [0.1, 0.15) is 6.33 Å². The molecule has 0 atom stereocenters. The molecule has 0 fully saturated rings. The summed E-state index contributed by atoms with van der Waals surface area (Å²) < 4.78 is 1.73. The first kappa shape index (κ1) is 22.9. The summed E-state index contributed by atoms with van der Waals surface area (Å²) in [6.45, 7) is 0. The molecule has 0 aliphatic rings. The van der Waals surface area contributed by atoms with E-state index < -0.39 is 0 Å². The minimum Gasteiger partial charge on any atom is -0.325 e. The van der Waals surface area contributed by atoms with Gasteiger partial charge in [0.05, 0.1) is 5.75 Å². The van der Waals surface area contributed by atoms with Crippen LogP contribution in [-0.2, 0) is 11.8 Å². The fourth-order valence-electron chi connectivity index (χ4n) is 3.17. The van der Waals surface area contributed by atoms with Gasteiger partial charge in [-0.1, -0.05) is 60.3 Å². The van der Waals surface area contributed by atoms with Gasteiger partial charge in [0.25, 0.3) is 5.91 Å². The van der Waals surface area contributed by atoms with Gasteiger partial charge in [-0.25, -0.2) is 0 Å². The molecule has 170 valence electrons. The van der Waals surface area contributed by atoms with Gasteiger partial charge in [-0.3, -0.25) is 14.4 Å². The van der Waals surface area contributed by atoms with E-state index in [0.29, 0.717) is 33.2 Å². The Morgan fingerprint density at radius 1 is 0.824 bits per heavy atom. The van der Waals surface area contributed by atoms with E-state index in [1.807, 2.05) is 6.07 Å². The molecular weight excluding hydrogens is 450 g/mol. The molecule has 0 bridgehead atoms. The number of nitrogens with zero attached hydrogens (tertiary/aromatic N) is 3. The molecule has 2 N–H and O–H groups in total. The third-order valence-electron chi connectivity index (χ3n) is 4.83. The minimum absolute atomic E-state index is 0.124. The Hall–Kier alpha value is -4.24. The number of ketones is 1. The molecule has 1 aromatic heterocycles. The second-order valence-corrected chi connectivity index (χ2v) is 8.31. The molecule has 0 aliphatic heterocycles. The van der Waals surface area contributed by atoms with E-state index in [1.165, 1.54) is 11.8 Å². The number of carbonyl (C=O) groups excluding carboxylic acids is 3. The molecule has 3 aromatic carbocycles. The van der Waals surface area contributed by atoms with Crippen molar-refractivity contribution in [2.75, 3.05) is 16.4 Å². The number of carbonyl (C=O) groups is 3. The number of amides is 2. The Kier molecular flexibility index (Phi) is 7.14. The highest BCUT2D eigenvalue weighted by Crippen LogP contribution is 2.18. The van der Waals surface area contributed by atoms with Gasteiger partial charge in [0.15, 0.2) is 10.9 Å². The number of anilines is 2. The molecule has 0 saturated carbocycles. The lowest BCUT2D eigenvalue weighted by molar-refractivity contribution is -0.113. The smallest absolute Gasteiger partial charge is 0.255 e. The maximum atomic E-state index is 12.8. The van der Waals surface area contributed by atoms with Crippen LogP contribution in [0.3, 0.4) is 0 Å². The number of thioether (sulfide) groups is 1. The second-order valence-electron chi connectivity index (χ2n) is 7.37. The summed E-state index contributed by atoms with van der Waals surface area (Å²) in [6, 6.07) is 22.4. The van der Waals surface area contributed by atoms with E-state index in [4.69, 9.17) is 0 Å². The number of hydrogen-bond donors (Lipinski definition) is 2. The predicted octanol–water partition coefficient (Wildman–Crippen LogP) is 4.03. The molecule has 8 nitrogen and oxygen atoms in total. The SMILES string of the molecule is Cn1cnnc1SCC(=O)Nc1cccc(C(=O)Nc2cccc(C(=O)c3ccccc3)c2)c1. The van der Waals surface area contributed by atoms with Crippen LogP contribution in [0.1, 0.15) is 26.3 Å². The first-order valence-corrected chi connectivity index (χ1v) is 11.4. The molecule has 4 rings (SSSR count). The lowest BCUT2D eigenvalue weighted by Gasteiger charge is -2.09. The lowest BCUT2D eigenvalue weighted by Crippen LogP contribution is -2.16. The Balaban J connectivity index is 1.39. The number of benzene rings is 3. The molecule has 9 heteroatoms. The van der Waals surface area contributed by atoms with E-state index in [-0.39, 0.29) is 23.4 Å². The molecule has 0 saturated heterocycles. The highest BCUT2D eigenvalue weighted by atomic mass is 32.2. The lowest BCUT2D eigenvalue weighted by atomic mass is 10.0. The predicted molar refractivity (Wildman–Crippen MR) is 131 cm³/mol. The van der Waals surface area contributed by atoms with E-state index in [1.54, 1.807) is 90.7 Å². The van der Waals surface area contributed by atoms with Crippen molar-refractivity contribution in [3.63, 3.8) is 0 Å². The van der Waals surface area contributed by atoms with Crippen molar-refractivity contribution < 1.29 is 14.4 Å². The first-order valence-electron chi connectivity index (χ1n) is 10.4.